The number of aromatic nitrogens is 1. The number of amides is 2. The number of pyridine rings is 1. The summed E-state index contributed by atoms with van der Waals surface area (Å²) in [5.41, 5.74) is 7.66. The Balaban J connectivity index is 1.80. The summed E-state index contributed by atoms with van der Waals surface area (Å²) in [4.78, 5) is 16.1. The van der Waals surface area contributed by atoms with Crippen molar-refractivity contribution in [3.63, 3.8) is 0 Å². The maximum absolute atomic E-state index is 12.1. The molecule has 1 aromatic heterocycles. The smallest absolute Gasteiger partial charge is 0.323 e. The van der Waals surface area contributed by atoms with E-state index in [1.54, 1.807) is 36.7 Å². The highest BCUT2D eigenvalue weighted by Crippen LogP contribution is 2.22. The van der Waals surface area contributed by atoms with Crippen LogP contribution in [0.2, 0.25) is 0 Å². The zero-order valence-corrected chi connectivity index (χ0v) is 11.2. The van der Waals surface area contributed by atoms with E-state index in [-0.39, 0.29) is 6.03 Å². The first-order valence-corrected chi connectivity index (χ1v) is 6.49. The number of hydrogen-bond acceptors (Lipinski definition) is 3. The van der Waals surface area contributed by atoms with Gasteiger partial charge in [-0.1, -0.05) is 18.2 Å². The van der Waals surface area contributed by atoms with Gasteiger partial charge in [0, 0.05) is 34.5 Å². The third-order valence-corrected chi connectivity index (χ3v) is 3.07. The predicted octanol–water partition coefficient (Wildman–Crippen LogP) is 3.46. The highest BCUT2D eigenvalue weighted by molar-refractivity contribution is 6.06. The Bertz CT molecular complexity index is 796. The standard InChI is InChI=1S/C16H14N4O/c17-12-4-2-5-13(9-12)19-16(21)20-15-6-1-3-11-10-18-8-7-14(11)15/h1-10H,17H2,(H2,19,20,21). The molecule has 0 saturated carbocycles. The van der Waals surface area contributed by atoms with Crippen LogP contribution in [0.15, 0.2) is 60.9 Å². The van der Waals surface area contributed by atoms with E-state index in [0.29, 0.717) is 11.4 Å². The van der Waals surface area contributed by atoms with Gasteiger partial charge in [-0.15, -0.1) is 0 Å². The molecule has 0 saturated heterocycles. The van der Waals surface area contributed by atoms with Crippen molar-refractivity contribution < 1.29 is 4.79 Å². The van der Waals surface area contributed by atoms with Crippen LogP contribution < -0.4 is 16.4 Å². The lowest BCUT2D eigenvalue weighted by molar-refractivity contribution is 0.262. The molecule has 1 heterocycles. The number of rotatable bonds is 2. The molecular weight excluding hydrogens is 264 g/mol. The van der Waals surface area contributed by atoms with Crippen LogP contribution in [0, 0.1) is 0 Å². The molecule has 0 aliphatic heterocycles. The van der Waals surface area contributed by atoms with Crippen molar-refractivity contribution in [3.05, 3.63) is 60.9 Å². The molecule has 5 heteroatoms. The lowest BCUT2D eigenvalue weighted by Crippen LogP contribution is -2.19. The second-order valence-electron chi connectivity index (χ2n) is 4.61. The van der Waals surface area contributed by atoms with E-state index < -0.39 is 0 Å². The van der Waals surface area contributed by atoms with Crippen LogP contribution in [0.3, 0.4) is 0 Å². The second kappa shape index (κ2) is 5.50. The molecule has 104 valence electrons. The van der Waals surface area contributed by atoms with Crippen LogP contribution in [0.4, 0.5) is 21.9 Å². The summed E-state index contributed by atoms with van der Waals surface area (Å²) >= 11 is 0. The number of nitrogens with two attached hydrogens (primary N) is 1. The molecule has 0 spiro atoms. The van der Waals surface area contributed by atoms with Gasteiger partial charge in [-0.05, 0) is 30.3 Å². The molecule has 0 unspecified atom stereocenters. The van der Waals surface area contributed by atoms with E-state index >= 15 is 0 Å². The van der Waals surface area contributed by atoms with Gasteiger partial charge in [0.2, 0.25) is 0 Å². The third-order valence-electron chi connectivity index (χ3n) is 3.07. The molecule has 3 rings (SSSR count). The summed E-state index contributed by atoms with van der Waals surface area (Å²) in [6.07, 6.45) is 3.46. The summed E-state index contributed by atoms with van der Waals surface area (Å²) in [5, 5.41) is 7.50. The molecule has 0 radical (unpaired) electrons. The molecule has 4 N–H and O–H groups in total. The van der Waals surface area contributed by atoms with Crippen molar-refractivity contribution in [1.29, 1.82) is 0 Å². The van der Waals surface area contributed by atoms with Crippen LogP contribution in [0.1, 0.15) is 0 Å². The zero-order chi connectivity index (χ0) is 14.7. The van der Waals surface area contributed by atoms with E-state index in [2.05, 4.69) is 15.6 Å². The topological polar surface area (TPSA) is 80.0 Å². The van der Waals surface area contributed by atoms with Crippen LogP contribution in [0.5, 0.6) is 0 Å². The normalized spacial score (nSPS) is 10.3. The number of carbonyl (C=O) groups excluding carboxylic acids is 1. The molecule has 0 aliphatic carbocycles. The van der Waals surface area contributed by atoms with Gasteiger partial charge < -0.3 is 16.4 Å². The number of benzene rings is 2. The molecule has 3 aromatic rings. The van der Waals surface area contributed by atoms with Crippen LogP contribution in [-0.4, -0.2) is 11.0 Å². The fraction of sp³-hybridized carbons (Fsp3) is 0. The van der Waals surface area contributed by atoms with E-state index in [9.17, 15) is 4.79 Å². The Labute approximate surface area is 121 Å². The first-order valence-electron chi connectivity index (χ1n) is 6.49. The molecular formula is C16H14N4O. The van der Waals surface area contributed by atoms with E-state index in [1.807, 2.05) is 24.3 Å². The van der Waals surface area contributed by atoms with Gasteiger partial charge >= 0.3 is 6.03 Å². The Morgan fingerprint density at radius 3 is 2.76 bits per heavy atom. The second-order valence-corrected chi connectivity index (χ2v) is 4.61. The fourth-order valence-electron chi connectivity index (χ4n) is 2.13. The molecule has 5 nitrogen and oxygen atoms in total. The maximum atomic E-state index is 12.1. The zero-order valence-electron chi connectivity index (χ0n) is 11.2. The summed E-state index contributed by atoms with van der Waals surface area (Å²) in [6.45, 7) is 0. The van der Waals surface area contributed by atoms with E-state index in [0.717, 1.165) is 16.5 Å². The number of fused-ring (bicyclic) bond motifs is 1. The number of nitrogens with zero attached hydrogens (tertiary/aromatic N) is 1. The average molecular weight is 278 g/mol. The molecule has 0 atom stereocenters. The van der Waals surface area contributed by atoms with E-state index in [4.69, 9.17) is 5.73 Å². The number of hydrogen-bond donors (Lipinski definition) is 3. The summed E-state index contributed by atoms with van der Waals surface area (Å²) in [6, 6.07) is 14.3. The van der Waals surface area contributed by atoms with Crippen molar-refractivity contribution in [2.24, 2.45) is 0 Å². The molecule has 2 aromatic carbocycles. The van der Waals surface area contributed by atoms with Gasteiger partial charge in [0.1, 0.15) is 0 Å². The van der Waals surface area contributed by atoms with Crippen LogP contribution >= 0.6 is 0 Å². The minimum absolute atomic E-state index is 0.315. The molecule has 0 aliphatic rings. The maximum Gasteiger partial charge on any atom is 0.323 e. The average Bonchev–Trinajstić information content (AvgIpc) is 2.47. The molecule has 2 amide bonds. The molecule has 0 fully saturated rings. The minimum atomic E-state index is -0.315. The number of urea groups is 1. The summed E-state index contributed by atoms with van der Waals surface area (Å²) < 4.78 is 0. The Kier molecular flexibility index (Phi) is 3.39. The van der Waals surface area contributed by atoms with Gasteiger partial charge in [-0.25, -0.2) is 4.79 Å². The number of carbonyl (C=O) groups is 1. The summed E-state index contributed by atoms with van der Waals surface area (Å²) in [7, 11) is 0. The van der Waals surface area contributed by atoms with Gasteiger partial charge in [0.05, 0.1) is 5.69 Å². The van der Waals surface area contributed by atoms with Gasteiger partial charge in [-0.2, -0.15) is 0 Å². The Morgan fingerprint density at radius 1 is 1.05 bits per heavy atom. The number of nitrogens with one attached hydrogen (secondary N) is 2. The number of nitrogen functional groups attached to an aromatic ring is 1. The fourth-order valence-corrected chi connectivity index (χ4v) is 2.13. The van der Waals surface area contributed by atoms with Crippen molar-refractivity contribution in [2.45, 2.75) is 0 Å². The highest BCUT2D eigenvalue weighted by atomic mass is 16.2. The van der Waals surface area contributed by atoms with Crippen molar-refractivity contribution in [3.8, 4) is 0 Å². The Hall–Kier alpha value is -3.08. The van der Waals surface area contributed by atoms with Gasteiger partial charge in [0.25, 0.3) is 0 Å². The quantitative estimate of drug-likeness (QED) is 0.628. The monoisotopic (exact) mass is 278 g/mol. The van der Waals surface area contributed by atoms with E-state index in [1.165, 1.54) is 0 Å². The first kappa shape index (κ1) is 12.9. The molecule has 21 heavy (non-hydrogen) atoms. The van der Waals surface area contributed by atoms with Gasteiger partial charge in [0.15, 0.2) is 0 Å². The molecule has 0 bridgehead atoms. The minimum Gasteiger partial charge on any atom is -0.399 e. The predicted molar refractivity (Wildman–Crippen MR) is 85.2 cm³/mol. The Morgan fingerprint density at radius 2 is 1.90 bits per heavy atom. The lowest BCUT2D eigenvalue weighted by Gasteiger charge is -2.10. The van der Waals surface area contributed by atoms with Crippen LogP contribution in [0.25, 0.3) is 10.8 Å². The third kappa shape index (κ3) is 2.92. The highest BCUT2D eigenvalue weighted by Gasteiger charge is 2.06. The lowest BCUT2D eigenvalue weighted by atomic mass is 10.1. The van der Waals surface area contributed by atoms with Crippen molar-refractivity contribution in [2.75, 3.05) is 16.4 Å². The SMILES string of the molecule is Nc1cccc(NC(=O)Nc2cccc3cnccc23)c1. The summed E-state index contributed by atoms with van der Waals surface area (Å²) in [5.74, 6) is 0. The van der Waals surface area contributed by atoms with Crippen molar-refractivity contribution >= 4 is 33.9 Å². The first-order chi connectivity index (χ1) is 10.2. The van der Waals surface area contributed by atoms with Crippen LogP contribution in [-0.2, 0) is 0 Å². The number of anilines is 3. The van der Waals surface area contributed by atoms with Gasteiger partial charge in [-0.3, -0.25) is 4.98 Å². The largest absolute Gasteiger partial charge is 0.399 e. The van der Waals surface area contributed by atoms with Crippen molar-refractivity contribution in [1.82, 2.24) is 4.98 Å².